The van der Waals surface area contributed by atoms with E-state index in [4.69, 9.17) is 23.2 Å². The molecular weight excluding hydrogens is 547 g/mol. The number of benzene rings is 2. The number of carboxylic acid groups (broad SMARTS) is 1. The van der Waals surface area contributed by atoms with Crippen LogP contribution in [-0.2, 0) is 19.6 Å². The number of halogens is 2. The summed E-state index contributed by atoms with van der Waals surface area (Å²) in [4.78, 5) is 28.1. The van der Waals surface area contributed by atoms with Crippen LogP contribution in [0.1, 0.15) is 62.1 Å². The number of piperidine rings is 1. The maximum absolute atomic E-state index is 14.4. The summed E-state index contributed by atoms with van der Waals surface area (Å²) in [5.74, 6) is -1.80. The molecule has 4 atom stereocenters. The molecule has 0 bridgehead atoms. The van der Waals surface area contributed by atoms with Gasteiger partial charge in [-0.25, -0.2) is 12.7 Å². The molecule has 2 aromatic carbocycles. The Kier molecular flexibility index (Phi) is 7.55. The molecule has 0 aromatic heterocycles. The van der Waals surface area contributed by atoms with E-state index < -0.39 is 33.5 Å². The molecule has 3 fully saturated rings. The van der Waals surface area contributed by atoms with Gasteiger partial charge in [0.05, 0.1) is 29.7 Å². The van der Waals surface area contributed by atoms with E-state index in [1.54, 1.807) is 30.0 Å². The number of carbonyl (C=O) groups excluding carboxylic acids is 1. The maximum Gasteiger partial charge on any atom is 0.304 e. The van der Waals surface area contributed by atoms with Gasteiger partial charge >= 0.3 is 5.97 Å². The summed E-state index contributed by atoms with van der Waals surface area (Å²) in [7, 11) is -3.58. The number of amides is 1. The Morgan fingerprint density at radius 1 is 1.08 bits per heavy atom. The number of hydrogen-bond donors (Lipinski definition) is 1. The van der Waals surface area contributed by atoms with E-state index in [0.29, 0.717) is 29.6 Å². The summed E-state index contributed by atoms with van der Waals surface area (Å²) in [6, 6.07) is 13.6. The van der Waals surface area contributed by atoms with Crippen LogP contribution in [0.15, 0.2) is 48.5 Å². The second-order valence-corrected chi connectivity index (χ2v) is 14.0. The van der Waals surface area contributed by atoms with Gasteiger partial charge in [0.15, 0.2) is 0 Å². The average Bonchev–Trinajstić information content (AvgIpc) is 3.63. The van der Waals surface area contributed by atoms with Gasteiger partial charge in [-0.15, -0.1) is 0 Å². The number of rotatable bonds is 9. The Balaban J connectivity index is 1.67. The summed E-state index contributed by atoms with van der Waals surface area (Å²) < 4.78 is 28.3. The van der Waals surface area contributed by atoms with E-state index in [9.17, 15) is 23.1 Å². The monoisotopic (exact) mass is 578 g/mol. The Labute approximate surface area is 233 Å². The SMILES string of the molecule is C[C@]1(CC(=O)O)C[C@H](c2cccc(Cl)c2)[C@@H](c2ccc(Cl)cc2)N([C@H](CS(=O)(=O)N2CCC2)C2CC2)C1=O. The van der Waals surface area contributed by atoms with Gasteiger partial charge in [-0.2, -0.15) is 0 Å². The van der Waals surface area contributed by atoms with Crippen LogP contribution >= 0.6 is 23.2 Å². The van der Waals surface area contributed by atoms with Crippen LogP contribution in [0, 0.1) is 11.3 Å². The quantitative estimate of drug-likeness (QED) is 0.433. The van der Waals surface area contributed by atoms with E-state index >= 15 is 0 Å². The average molecular weight is 580 g/mol. The molecule has 2 aliphatic heterocycles. The fourth-order valence-electron chi connectivity index (χ4n) is 6.06. The van der Waals surface area contributed by atoms with Crippen molar-refractivity contribution in [1.29, 1.82) is 0 Å². The van der Waals surface area contributed by atoms with Crippen molar-refractivity contribution >= 4 is 45.1 Å². The third kappa shape index (κ3) is 5.46. The first-order chi connectivity index (χ1) is 18.0. The van der Waals surface area contributed by atoms with Crippen molar-refractivity contribution in [2.75, 3.05) is 18.8 Å². The number of hydrogen-bond acceptors (Lipinski definition) is 4. The van der Waals surface area contributed by atoms with Gasteiger partial charge in [0.2, 0.25) is 15.9 Å². The van der Waals surface area contributed by atoms with Crippen LogP contribution in [0.4, 0.5) is 0 Å². The first-order valence-corrected chi connectivity index (χ1v) is 15.4. The third-order valence-electron chi connectivity index (χ3n) is 8.25. The second kappa shape index (κ2) is 10.5. The highest BCUT2D eigenvalue weighted by Gasteiger charge is 2.55. The first kappa shape index (κ1) is 27.4. The van der Waals surface area contributed by atoms with E-state index in [0.717, 1.165) is 30.4 Å². The minimum Gasteiger partial charge on any atom is -0.481 e. The van der Waals surface area contributed by atoms with E-state index in [1.807, 2.05) is 30.3 Å². The molecule has 5 rings (SSSR count). The lowest BCUT2D eigenvalue weighted by atomic mass is 9.67. The Morgan fingerprint density at radius 3 is 2.32 bits per heavy atom. The fourth-order valence-corrected chi connectivity index (χ4v) is 8.27. The van der Waals surface area contributed by atoms with Crippen molar-refractivity contribution in [3.05, 3.63) is 69.7 Å². The van der Waals surface area contributed by atoms with E-state index in [2.05, 4.69) is 0 Å². The minimum absolute atomic E-state index is 0.0389. The van der Waals surface area contributed by atoms with Crippen LogP contribution in [0.25, 0.3) is 0 Å². The molecule has 2 saturated heterocycles. The fraction of sp³-hybridized carbons (Fsp3) is 0.500. The molecule has 1 N–H and O–H groups in total. The number of likely N-dealkylation sites (tertiary alicyclic amines) is 1. The molecule has 38 heavy (non-hydrogen) atoms. The molecule has 1 aliphatic carbocycles. The van der Waals surface area contributed by atoms with Crippen LogP contribution in [0.2, 0.25) is 10.0 Å². The molecule has 1 amide bonds. The Bertz CT molecular complexity index is 1330. The van der Waals surface area contributed by atoms with Crippen LogP contribution < -0.4 is 0 Å². The van der Waals surface area contributed by atoms with E-state index in [1.165, 1.54) is 4.31 Å². The van der Waals surface area contributed by atoms with Gasteiger partial charge in [-0.3, -0.25) is 9.59 Å². The molecular formula is C28H32Cl2N2O5S. The number of sulfonamides is 1. The van der Waals surface area contributed by atoms with Gasteiger partial charge in [0, 0.05) is 29.1 Å². The molecule has 2 heterocycles. The van der Waals surface area contributed by atoms with Gasteiger partial charge in [0.25, 0.3) is 0 Å². The first-order valence-electron chi connectivity index (χ1n) is 13.0. The van der Waals surface area contributed by atoms with Crippen molar-refractivity contribution in [2.45, 2.75) is 57.0 Å². The summed E-state index contributed by atoms with van der Waals surface area (Å²) in [5.41, 5.74) is 0.499. The lowest BCUT2D eigenvalue weighted by Crippen LogP contribution is -2.59. The van der Waals surface area contributed by atoms with Crippen molar-refractivity contribution in [3.63, 3.8) is 0 Å². The van der Waals surface area contributed by atoms with Crippen LogP contribution in [0.5, 0.6) is 0 Å². The molecule has 1 saturated carbocycles. The lowest BCUT2D eigenvalue weighted by molar-refractivity contribution is -0.160. The molecule has 0 radical (unpaired) electrons. The van der Waals surface area contributed by atoms with Gasteiger partial charge in [-0.1, -0.05) is 54.4 Å². The summed E-state index contributed by atoms with van der Waals surface area (Å²) in [6.07, 6.45) is 2.43. The van der Waals surface area contributed by atoms with Crippen molar-refractivity contribution in [2.24, 2.45) is 11.3 Å². The Morgan fingerprint density at radius 2 is 1.76 bits per heavy atom. The number of carboxylic acids is 1. The molecule has 204 valence electrons. The van der Waals surface area contributed by atoms with Crippen molar-refractivity contribution < 1.29 is 23.1 Å². The zero-order valence-electron chi connectivity index (χ0n) is 21.2. The molecule has 0 spiro atoms. The third-order valence-corrected chi connectivity index (χ3v) is 10.6. The number of carbonyl (C=O) groups is 2. The summed E-state index contributed by atoms with van der Waals surface area (Å²) in [6.45, 7) is 2.69. The van der Waals surface area contributed by atoms with Gasteiger partial charge in [0.1, 0.15) is 0 Å². The predicted octanol–water partition coefficient (Wildman–Crippen LogP) is 5.35. The Hall–Kier alpha value is -2.13. The van der Waals surface area contributed by atoms with Gasteiger partial charge in [-0.05, 0) is 67.0 Å². The summed E-state index contributed by atoms with van der Waals surface area (Å²) >= 11 is 12.6. The van der Waals surface area contributed by atoms with E-state index in [-0.39, 0.29) is 29.9 Å². The highest BCUT2D eigenvalue weighted by atomic mass is 35.5. The molecule has 2 aromatic rings. The normalized spacial score (nSPS) is 27.1. The molecule has 3 aliphatic rings. The maximum atomic E-state index is 14.4. The second-order valence-electron chi connectivity index (χ2n) is 11.1. The smallest absolute Gasteiger partial charge is 0.304 e. The highest BCUT2D eigenvalue weighted by Crippen LogP contribution is 2.54. The van der Waals surface area contributed by atoms with Crippen LogP contribution in [-0.4, -0.2) is 59.5 Å². The van der Waals surface area contributed by atoms with Crippen LogP contribution in [0.3, 0.4) is 0 Å². The summed E-state index contributed by atoms with van der Waals surface area (Å²) in [5, 5.41) is 10.9. The molecule has 7 nitrogen and oxygen atoms in total. The molecule has 10 heteroatoms. The van der Waals surface area contributed by atoms with Crippen molar-refractivity contribution in [3.8, 4) is 0 Å². The zero-order chi connectivity index (χ0) is 27.2. The van der Waals surface area contributed by atoms with Gasteiger partial charge < -0.3 is 10.0 Å². The number of aliphatic carboxylic acids is 1. The standard InChI is InChI=1S/C28H32Cl2N2O5S/c1-28(16-25(33)34)15-23(20-4-2-5-22(30)14-20)26(19-8-10-21(29)11-9-19)32(27(28)35)24(18-6-7-18)17-38(36,37)31-12-3-13-31/h2,4-5,8-11,14,18,23-24,26H,3,6-7,12-13,15-17H2,1H3,(H,33,34)/t23-,24-,26-,28-/m1/s1. The van der Waals surface area contributed by atoms with Crippen molar-refractivity contribution in [1.82, 2.24) is 9.21 Å². The predicted molar refractivity (Wildman–Crippen MR) is 147 cm³/mol. The lowest BCUT2D eigenvalue weighted by Gasteiger charge is -2.52. The zero-order valence-corrected chi connectivity index (χ0v) is 23.6. The topological polar surface area (TPSA) is 95.0 Å². The number of nitrogens with zero attached hydrogens (tertiary/aromatic N) is 2. The molecule has 0 unspecified atom stereocenters. The largest absolute Gasteiger partial charge is 0.481 e. The highest BCUT2D eigenvalue weighted by molar-refractivity contribution is 7.89. The minimum atomic E-state index is -3.58.